The van der Waals surface area contributed by atoms with E-state index in [0.717, 1.165) is 16.6 Å². The van der Waals surface area contributed by atoms with Crippen LogP contribution in [0.2, 0.25) is 0 Å². The Kier molecular flexibility index (Phi) is 3.97. The molecule has 3 rings (SSSR count). The molecule has 0 unspecified atom stereocenters. The predicted octanol–water partition coefficient (Wildman–Crippen LogP) is 2.88. The SMILES string of the molecule is CC(=O)Nc1ccc2[nH]c(C(=O)NNc3ccccc3)cc2c1. The molecule has 116 valence electrons. The molecular formula is C17H16N4O2. The molecule has 2 aromatic carbocycles. The first-order chi connectivity index (χ1) is 11.1. The molecule has 0 radical (unpaired) electrons. The average Bonchev–Trinajstić information content (AvgIpc) is 2.96. The monoisotopic (exact) mass is 308 g/mol. The lowest BCUT2D eigenvalue weighted by Gasteiger charge is -2.06. The van der Waals surface area contributed by atoms with Crippen molar-refractivity contribution in [2.45, 2.75) is 6.92 Å². The van der Waals surface area contributed by atoms with Gasteiger partial charge in [0.2, 0.25) is 5.91 Å². The van der Waals surface area contributed by atoms with Gasteiger partial charge in [0, 0.05) is 23.5 Å². The smallest absolute Gasteiger partial charge is 0.286 e. The third-order valence-electron chi connectivity index (χ3n) is 3.28. The number of fused-ring (bicyclic) bond motifs is 1. The quantitative estimate of drug-likeness (QED) is 0.559. The van der Waals surface area contributed by atoms with Gasteiger partial charge in [0.15, 0.2) is 0 Å². The second kappa shape index (κ2) is 6.23. The summed E-state index contributed by atoms with van der Waals surface area (Å²) in [5.41, 5.74) is 8.23. The second-order valence-corrected chi connectivity index (χ2v) is 5.11. The van der Waals surface area contributed by atoms with E-state index in [2.05, 4.69) is 21.2 Å². The van der Waals surface area contributed by atoms with Gasteiger partial charge in [-0.15, -0.1) is 0 Å². The van der Waals surface area contributed by atoms with Gasteiger partial charge >= 0.3 is 0 Å². The number of hydrogen-bond donors (Lipinski definition) is 4. The van der Waals surface area contributed by atoms with Crippen molar-refractivity contribution in [1.29, 1.82) is 0 Å². The summed E-state index contributed by atoms with van der Waals surface area (Å²) in [6.45, 7) is 1.45. The number of amides is 2. The Morgan fingerprint density at radius 3 is 2.48 bits per heavy atom. The van der Waals surface area contributed by atoms with E-state index in [9.17, 15) is 9.59 Å². The maximum Gasteiger partial charge on any atom is 0.286 e. The van der Waals surface area contributed by atoms with Crippen molar-refractivity contribution in [1.82, 2.24) is 10.4 Å². The Labute approximate surface area is 132 Å². The van der Waals surface area contributed by atoms with Crippen molar-refractivity contribution >= 4 is 34.1 Å². The Morgan fingerprint density at radius 1 is 0.957 bits per heavy atom. The maximum absolute atomic E-state index is 12.2. The number of benzene rings is 2. The average molecular weight is 308 g/mol. The van der Waals surface area contributed by atoms with E-state index in [1.165, 1.54) is 6.92 Å². The van der Waals surface area contributed by atoms with E-state index in [-0.39, 0.29) is 11.8 Å². The van der Waals surface area contributed by atoms with Crippen molar-refractivity contribution < 1.29 is 9.59 Å². The van der Waals surface area contributed by atoms with Crippen LogP contribution in [0.1, 0.15) is 17.4 Å². The summed E-state index contributed by atoms with van der Waals surface area (Å²) in [4.78, 5) is 26.3. The molecule has 0 aliphatic rings. The van der Waals surface area contributed by atoms with Crippen molar-refractivity contribution in [3.8, 4) is 0 Å². The second-order valence-electron chi connectivity index (χ2n) is 5.11. The van der Waals surface area contributed by atoms with E-state index >= 15 is 0 Å². The van der Waals surface area contributed by atoms with Gasteiger partial charge in [0.25, 0.3) is 5.91 Å². The topological polar surface area (TPSA) is 86.0 Å². The highest BCUT2D eigenvalue weighted by Gasteiger charge is 2.09. The molecule has 0 aliphatic carbocycles. The van der Waals surface area contributed by atoms with Crippen LogP contribution in [0.15, 0.2) is 54.6 Å². The minimum absolute atomic E-state index is 0.134. The first-order valence-corrected chi connectivity index (χ1v) is 7.13. The number of aromatic amines is 1. The first kappa shape index (κ1) is 14.6. The molecule has 0 spiro atoms. The molecule has 6 heteroatoms. The fourth-order valence-corrected chi connectivity index (χ4v) is 2.25. The van der Waals surface area contributed by atoms with Crippen molar-refractivity contribution in [3.05, 3.63) is 60.3 Å². The molecule has 0 bridgehead atoms. The maximum atomic E-state index is 12.2. The zero-order valence-electron chi connectivity index (χ0n) is 12.5. The number of aromatic nitrogens is 1. The number of nitrogens with one attached hydrogen (secondary N) is 4. The fraction of sp³-hybridized carbons (Fsp3) is 0.0588. The summed E-state index contributed by atoms with van der Waals surface area (Å²) in [6.07, 6.45) is 0. The normalized spacial score (nSPS) is 10.3. The van der Waals surface area contributed by atoms with Crippen LogP contribution >= 0.6 is 0 Å². The molecule has 0 saturated carbocycles. The minimum atomic E-state index is -0.272. The van der Waals surface area contributed by atoms with Gasteiger partial charge < -0.3 is 10.3 Å². The molecule has 23 heavy (non-hydrogen) atoms. The lowest BCUT2D eigenvalue weighted by molar-refractivity contribution is -0.114. The van der Waals surface area contributed by atoms with Crippen LogP contribution in [-0.4, -0.2) is 16.8 Å². The minimum Gasteiger partial charge on any atom is -0.350 e. The number of para-hydroxylation sites is 1. The van der Waals surface area contributed by atoms with Crippen LogP contribution in [0.5, 0.6) is 0 Å². The summed E-state index contributed by atoms with van der Waals surface area (Å²) in [5.74, 6) is -0.406. The van der Waals surface area contributed by atoms with Crippen molar-refractivity contribution in [2.75, 3.05) is 10.7 Å². The summed E-state index contributed by atoms with van der Waals surface area (Å²) < 4.78 is 0. The van der Waals surface area contributed by atoms with Gasteiger partial charge in [-0.25, -0.2) is 0 Å². The van der Waals surface area contributed by atoms with Crippen LogP contribution in [0.3, 0.4) is 0 Å². The highest BCUT2D eigenvalue weighted by atomic mass is 16.2. The van der Waals surface area contributed by atoms with Crippen molar-refractivity contribution in [2.24, 2.45) is 0 Å². The predicted molar refractivity (Wildman–Crippen MR) is 90.1 cm³/mol. The number of H-pyrrole nitrogens is 1. The summed E-state index contributed by atoms with van der Waals surface area (Å²) in [5, 5.41) is 3.56. The molecule has 4 N–H and O–H groups in total. The van der Waals surface area contributed by atoms with Crippen LogP contribution in [0.4, 0.5) is 11.4 Å². The Balaban J connectivity index is 1.74. The summed E-state index contributed by atoms with van der Waals surface area (Å²) in [6, 6.07) is 16.5. The molecule has 0 aliphatic heterocycles. The zero-order valence-corrected chi connectivity index (χ0v) is 12.5. The largest absolute Gasteiger partial charge is 0.350 e. The number of carbonyl (C=O) groups is 2. The molecule has 0 saturated heterocycles. The van der Waals surface area contributed by atoms with Gasteiger partial charge in [-0.3, -0.25) is 20.4 Å². The third-order valence-corrected chi connectivity index (χ3v) is 3.28. The number of anilines is 2. The Hall–Kier alpha value is -3.28. The van der Waals surface area contributed by atoms with E-state index in [1.807, 2.05) is 42.5 Å². The van der Waals surface area contributed by atoms with Crippen LogP contribution in [0.25, 0.3) is 10.9 Å². The van der Waals surface area contributed by atoms with Gasteiger partial charge in [0.05, 0.1) is 5.69 Å². The van der Waals surface area contributed by atoms with E-state index < -0.39 is 0 Å². The molecule has 3 aromatic rings. The Bertz CT molecular complexity index is 855. The number of carbonyl (C=O) groups excluding carboxylic acids is 2. The fourth-order valence-electron chi connectivity index (χ4n) is 2.25. The number of rotatable bonds is 4. The van der Waals surface area contributed by atoms with Crippen LogP contribution in [-0.2, 0) is 4.79 Å². The first-order valence-electron chi connectivity index (χ1n) is 7.13. The third kappa shape index (κ3) is 3.49. The van der Waals surface area contributed by atoms with Crippen molar-refractivity contribution in [3.63, 3.8) is 0 Å². The zero-order chi connectivity index (χ0) is 16.2. The van der Waals surface area contributed by atoms with E-state index in [1.54, 1.807) is 12.1 Å². The van der Waals surface area contributed by atoms with Gasteiger partial charge in [-0.1, -0.05) is 18.2 Å². The van der Waals surface area contributed by atoms with E-state index in [4.69, 9.17) is 0 Å². The Morgan fingerprint density at radius 2 is 1.74 bits per heavy atom. The highest BCUT2D eigenvalue weighted by Crippen LogP contribution is 2.20. The lowest BCUT2D eigenvalue weighted by Crippen LogP contribution is -2.29. The molecule has 0 atom stereocenters. The number of hydrazine groups is 1. The molecule has 0 fully saturated rings. The molecule has 2 amide bonds. The molecule has 6 nitrogen and oxygen atoms in total. The summed E-state index contributed by atoms with van der Waals surface area (Å²) >= 11 is 0. The highest BCUT2D eigenvalue weighted by molar-refractivity contribution is 6.00. The summed E-state index contributed by atoms with van der Waals surface area (Å²) in [7, 11) is 0. The molecule has 1 heterocycles. The lowest BCUT2D eigenvalue weighted by atomic mass is 10.2. The molecular weight excluding hydrogens is 292 g/mol. The number of hydrogen-bond acceptors (Lipinski definition) is 3. The van der Waals surface area contributed by atoms with Gasteiger partial charge in [-0.2, -0.15) is 0 Å². The van der Waals surface area contributed by atoms with Crippen LogP contribution < -0.4 is 16.2 Å². The van der Waals surface area contributed by atoms with Crippen LogP contribution in [0, 0.1) is 0 Å². The molecule has 1 aromatic heterocycles. The van der Waals surface area contributed by atoms with Gasteiger partial charge in [-0.05, 0) is 36.4 Å². The van der Waals surface area contributed by atoms with Gasteiger partial charge in [0.1, 0.15) is 5.69 Å². The van der Waals surface area contributed by atoms with E-state index in [0.29, 0.717) is 11.4 Å². The standard InChI is InChI=1S/C17H16N4O2/c1-11(22)18-14-7-8-15-12(9-14)10-16(19-15)17(23)21-20-13-5-3-2-4-6-13/h2-10,19-20H,1H3,(H,18,22)(H,21,23).